The largest absolute Gasteiger partial charge is 0.369 e. The minimum Gasteiger partial charge on any atom is -0.369 e. The molecule has 7 heteroatoms. The van der Waals surface area contributed by atoms with Crippen molar-refractivity contribution < 1.29 is 4.79 Å². The van der Waals surface area contributed by atoms with Crippen molar-refractivity contribution in [2.75, 3.05) is 20.1 Å². The summed E-state index contributed by atoms with van der Waals surface area (Å²) in [5, 5.41) is 3.38. The van der Waals surface area contributed by atoms with Crippen molar-refractivity contribution in [3.05, 3.63) is 60.2 Å². The molecule has 150 valence electrons. The predicted molar refractivity (Wildman–Crippen MR) is 118 cm³/mol. The molecule has 1 saturated heterocycles. The van der Waals surface area contributed by atoms with Crippen LogP contribution in [0.25, 0.3) is 11.1 Å². The highest BCUT2D eigenvalue weighted by molar-refractivity contribution is 6.07. The Morgan fingerprint density at radius 1 is 1.04 bits per heavy atom. The quantitative estimate of drug-likeness (QED) is 0.800. The Labute approximate surface area is 178 Å². The second-order valence-corrected chi connectivity index (χ2v) is 7.07. The number of nitrogens with two attached hydrogens (primary N) is 1. The highest BCUT2D eigenvalue weighted by Gasteiger charge is 2.53. The Morgan fingerprint density at radius 3 is 2.29 bits per heavy atom. The molecule has 2 aromatic rings. The number of amides is 1. The number of nitrogens with zero attached hydrogens (tertiary/aromatic N) is 2. The number of likely N-dealkylation sites (N-methyl/N-ethyl adjacent to an activating group) is 1. The Hall–Kier alpha value is -2.08. The van der Waals surface area contributed by atoms with Crippen molar-refractivity contribution in [2.24, 2.45) is 16.6 Å². The number of carbonyl (C=O) groups is 1. The van der Waals surface area contributed by atoms with Gasteiger partial charge in [-0.2, -0.15) is 0 Å². The predicted octanol–water partition coefficient (Wildman–Crippen LogP) is 3.18. The van der Waals surface area contributed by atoms with Gasteiger partial charge in [0.25, 0.3) is 5.91 Å². The Morgan fingerprint density at radius 2 is 1.68 bits per heavy atom. The lowest BCUT2D eigenvalue weighted by atomic mass is 9.73. The van der Waals surface area contributed by atoms with E-state index in [9.17, 15) is 4.79 Å². The zero-order valence-corrected chi connectivity index (χ0v) is 17.4. The van der Waals surface area contributed by atoms with Crippen LogP contribution in [-0.4, -0.2) is 36.9 Å². The summed E-state index contributed by atoms with van der Waals surface area (Å²) < 4.78 is 0. The summed E-state index contributed by atoms with van der Waals surface area (Å²) in [4.78, 5) is 19.5. The molecular weight excluding hydrogens is 395 g/mol. The number of guanidine groups is 1. The number of rotatable bonds is 3. The number of hydrogen-bond acceptors (Lipinski definition) is 4. The van der Waals surface area contributed by atoms with Gasteiger partial charge in [-0.25, -0.2) is 4.99 Å². The maximum absolute atomic E-state index is 13.3. The smallest absolute Gasteiger partial charge is 0.261 e. The normalized spacial score (nSPS) is 22.2. The fraction of sp³-hybridized carbons (Fsp3) is 0.333. The van der Waals surface area contributed by atoms with E-state index < -0.39 is 5.54 Å². The van der Waals surface area contributed by atoms with Crippen LogP contribution in [0.5, 0.6) is 0 Å². The van der Waals surface area contributed by atoms with Crippen molar-refractivity contribution >= 4 is 36.7 Å². The van der Waals surface area contributed by atoms with Crippen LogP contribution < -0.4 is 11.1 Å². The number of halogens is 2. The van der Waals surface area contributed by atoms with Gasteiger partial charge in [0, 0.05) is 7.05 Å². The van der Waals surface area contributed by atoms with E-state index in [1.165, 1.54) is 4.90 Å². The lowest BCUT2D eigenvalue weighted by Gasteiger charge is -2.36. The molecule has 1 amide bonds. The molecule has 28 heavy (non-hydrogen) atoms. The zero-order chi connectivity index (χ0) is 18.1. The summed E-state index contributed by atoms with van der Waals surface area (Å²) in [7, 11) is 1.71. The molecule has 0 aliphatic carbocycles. The van der Waals surface area contributed by atoms with Gasteiger partial charge in [0.2, 0.25) is 0 Å². The lowest BCUT2D eigenvalue weighted by molar-refractivity contribution is -0.133. The maximum Gasteiger partial charge on any atom is 0.261 e. The molecule has 4 rings (SSSR count). The monoisotopic (exact) mass is 420 g/mol. The third-order valence-corrected chi connectivity index (χ3v) is 5.61. The minimum absolute atomic E-state index is 0. The van der Waals surface area contributed by atoms with Crippen LogP contribution in [0.3, 0.4) is 0 Å². The van der Waals surface area contributed by atoms with Gasteiger partial charge in [-0.05, 0) is 54.6 Å². The first kappa shape index (κ1) is 22.2. The van der Waals surface area contributed by atoms with Crippen LogP contribution in [0.1, 0.15) is 18.4 Å². The summed E-state index contributed by atoms with van der Waals surface area (Å²) in [6, 6.07) is 18.4. The summed E-state index contributed by atoms with van der Waals surface area (Å²) in [5.41, 5.74) is 8.32. The molecule has 0 aromatic heterocycles. The Kier molecular flexibility index (Phi) is 7.10. The van der Waals surface area contributed by atoms with Crippen LogP contribution >= 0.6 is 24.8 Å². The van der Waals surface area contributed by atoms with Gasteiger partial charge in [-0.3, -0.25) is 9.69 Å². The molecule has 0 radical (unpaired) electrons. The first-order chi connectivity index (χ1) is 12.6. The summed E-state index contributed by atoms with van der Waals surface area (Å²) in [5.74, 6) is 0.427. The van der Waals surface area contributed by atoms with E-state index >= 15 is 0 Å². The van der Waals surface area contributed by atoms with Crippen LogP contribution in [0.2, 0.25) is 0 Å². The summed E-state index contributed by atoms with van der Waals surface area (Å²) in [6.07, 6.45) is 1.82. The van der Waals surface area contributed by atoms with Crippen LogP contribution in [-0.2, 0) is 10.3 Å². The molecule has 1 unspecified atom stereocenters. The van der Waals surface area contributed by atoms with Crippen LogP contribution in [0.4, 0.5) is 0 Å². The maximum atomic E-state index is 13.3. The van der Waals surface area contributed by atoms with Crippen molar-refractivity contribution in [2.45, 2.75) is 18.4 Å². The third-order valence-electron chi connectivity index (χ3n) is 5.61. The standard InChI is InChI=1S/C21H24N4O.2ClH/c1-25-19(26)21(24-20(25)22,17-10-12-23-13-11-17)18-9-5-8-16(14-18)15-6-3-2-4-7-15;;/h2-9,14,17,23H,10-13H2,1H3,(H2,22,24);2*1H. The third kappa shape index (κ3) is 3.62. The van der Waals surface area contributed by atoms with Gasteiger partial charge in [0.15, 0.2) is 11.5 Å². The Bertz CT molecular complexity index is 852. The van der Waals surface area contributed by atoms with Gasteiger partial charge in [-0.15, -0.1) is 24.8 Å². The van der Waals surface area contributed by atoms with Gasteiger partial charge >= 0.3 is 0 Å². The molecule has 0 spiro atoms. The molecule has 2 aliphatic rings. The molecule has 3 N–H and O–H groups in total. The second-order valence-electron chi connectivity index (χ2n) is 7.07. The van der Waals surface area contributed by atoms with Gasteiger partial charge in [0.05, 0.1) is 0 Å². The molecule has 2 aromatic carbocycles. The van der Waals surface area contributed by atoms with E-state index in [-0.39, 0.29) is 36.6 Å². The zero-order valence-electron chi connectivity index (χ0n) is 15.8. The van der Waals surface area contributed by atoms with E-state index in [2.05, 4.69) is 29.6 Å². The van der Waals surface area contributed by atoms with Crippen LogP contribution in [0.15, 0.2) is 59.6 Å². The molecule has 1 atom stereocenters. The number of nitrogens with one attached hydrogen (secondary N) is 1. The number of aliphatic imine (C=N–C) groups is 1. The first-order valence-electron chi connectivity index (χ1n) is 9.13. The molecule has 0 bridgehead atoms. The van der Waals surface area contributed by atoms with Gasteiger partial charge in [0.1, 0.15) is 0 Å². The SMILES string of the molecule is CN1C(=O)C(c2cccc(-c3ccccc3)c2)(C2CCNCC2)N=C1N.Cl.Cl. The van der Waals surface area contributed by atoms with Crippen molar-refractivity contribution in [3.8, 4) is 11.1 Å². The van der Waals surface area contributed by atoms with Gasteiger partial charge in [-0.1, -0.05) is 48.5 Å². The minimum atomic E-state index is -0.911. The van der Waals surface area contributed by atoms with Crippen molar-refractivity contribution in [1.82, 2.24) is 10.2 Å². The van der Waals surface area contributed by atoms with Crippen molar-refractivity contribution in [3.63, 3.8) is 0 Å². The molecular formula is C21H26Cl2N4O. The molecule has 5 nitrogen and oxygen atoms in total. The fourth-order valence-electron chi connectivity index (χ4n) is 4.16. The lowest BCUT2D eigenvalue weighted by Crippen LogP contribution is -2.47. The first-order valence-corrected chi connectivity index (χ1v) is 9.13. The average molecular weight is 421 g/mol. The van der Waals surface area contributed by atoms with Crippen molar-refractivity contribution in [1.29, 1.82) is 0 Å². The number of piperidine rings is 1. The van der Waals surface area contributed by atoms with E-state index in [1.54, 1.807) is 7.05 Å². The highest BCUT2D eigenvalue weighted by Crippen LogP contribution is 2.44. The van der Waals surface area contributed by atoms with Crippen LogP contribution in [0, 0.1) is 5.92 Å². The summed E-state index contributed by atoms with van der Waals surface area (Å²) >= 11 is 0. The molecule has 0 saturated carbocycles. The second kappa shape index (κ2) is 8.95. The number of carbonyl (C=O) groups excluding carboxylic acids is 1. The Balaban J connectivity index is 0.00000140. The number of hydrogen-bond donors (Lipinski definition) is 2. The topological polar surface area (TPSA) is 70.7 Å². The van der Waals surface area contributed by atoms with Gasteiger partial charge < -0.3 is 11.1 Å². The van der Waals surface area contributed by atoms with E-state index in [1.807, 2.05) is 30.3 Å². The van der Waals surface area contributed by atoms with E-state index in [0.29, 0.717) is 5.96 Å². The van der Waals surface area contributed by atoms with E-state index in [0.717, 1.165) is 42.6 Å². The highest BCUT2D eigenvalue weighted by atomic mass is 35.5. The molecule has 1 fully saturated rings. The average Bonchev–Trinajstić information content (AvgIpc) is 2.94. The summed E-state index contributed by atoms with van der Waals surface area (Å²) in [6.45, 7) is 1.80. The fourth-order valence-corrected chi connectivity index (χ4v) is 4.16. The van der Waals surface area contributed by atoms with E-state index in [4.69, 9.17) is 10.7 Å². The number of benzene rings is 2. The molecule has 2 aliphatic heterocycles. The molecule has 2 heterocycles.